The molecule has 0 fully saturated rings. The Morgan fingerprint density at radius 1 is 1.50 bits per heavy atom. The molecule has 10 heavy (non-hydrogen) atoms. The molecule has 0 amide bonds. The van der Waals surface area contributed by atoms with Gasteiger partial charge in [0.1, 0.15) is 6.07 Å². The Bertz CT molecular complexity index is 163. The van der Waals surface area contributed by atoms with Gasteiger partial charge >= 0.3 is 6.43 Å². The molecular weight excluding hydrogens is 147 g/mol. The minimum atomic E-state index is -3.25. The molecule has 5 heteroatoms. The highest BCUT2D eigenvalue weighted by Crippen LogP contribution is 2.09. The van der Waals surface area contributed by atoms with E-state index in [1.807, 2.05) is 0 Å². The van der Waals surface area contributed by atoms with Crippen molar-refractivity contribution in [2.75, 3.05) is 0 Å². The number of hydrogen-bond donors (Lipinski definition) is 0. The van der Waals surface area contributed by atoms with Gasteiger partial charge < -0.3 is 4.74 Å². The summed E-state index contributed by atoms with van der Waals surface area (Å²) in [4.78, 5) is 0. The predicted octanol–water partition coefficient (Wildman–Crippen LogP) is 1.60. The molecule has 56 valence electrons. The van der Waals surface area contributed by atoms with Crippen molar-refractivity contribution in [1.29, 1.82) is 5.26 Å². The van der Waals surface area contributed by atoms with E-state index < -0.39 is 18.5 Å². The number of nitrogens with zero attached hydrogens (tertiary/aromatic N) is 1. The molecule has 0 heterocycles. The van der Waals surface area contributed by atoms with Crippen LogP contribution in [0.3, 0.4) is 0 Å². The van der Waals surface area contributed by atoms with Crippen LogP contribution in [-0.2, 0) is 4.74 Å². The summed E-state index contributed by atoms with van der Waals surface area (Å²) in [6, 6.07) is 1.26. The van der Waals surface area contributed by atoms with Crippen molar-refractivity contribution in [2.45, 2.75) is 12.8 Å². The molecule has 0 rings (SSSR count). The largest absolute Gasteiger partial charge is 0.445 e. The van der Waals surface area contributed by atoms with Crippen molar-refractivity contribution >= 4 is 0 Å². The topological polar surface area (TPSA) is 33.0 Å². The maximum absolute atomic E-state index is 11.8. The molecule has 0 aliphatic heterocycles. The Balaban J connectivity index is 3.71. The van der Waals surface area contributed by atoms with Gasteiger partial charge in [-0.05, 0) is 6.58 Å². The molecule has 0 saturated carbocycles. The summed E-state index contributed by atoms with van der Waals surface area (Å²) < 4.78 is 38.0. The van der Waals surface area contributed by atoms with E-state index >= 15 is 0 Å². The number of allylic oxidation sites excluding steroid dienone is 1. The predicted molar refractivity (Wildman–Crippen MR) is 26.7 cm³/mol. The zero-order valence-corrected chi connectivity index (χ0v) is 4.85. The van der Waals surface area contributed by atoms with E-state index in [2.05, 4.69) is 11.3 Å². The van der Waals surface area contributed by atoms with E-state index in [1.165, 1.54) is 6.07 Å². The van der Waals surface area contributed by atoms with Crippen molar-refractivity contribution in [3.8, 4) is 6.07 Å². The third-order valence-corrected chi connectivity index (χ3v) is 0.578. The first-order valence-corrected chi connectivity index (χ1v) is 2.25. The SMILES string of the molecule is C=C(C#N)OC(F)C(F)F. The van der Waals surface area contributed by atoms with Gasteiger partial charge in [-0.3, -0.25) is 0 Å². The van der Waals surface area contributed by atoms with Crippen LogP contribution >= 0.6 is 0 Å². The molecule has 0 saturated heterocycles. The van der Waals surface area contributed by atoms with Gasteiger partial charge in [0.2, 0.25) is 0 Å². The van der Waals surface area contributed by atoms with Crippen molar-refractivity contribution < 1.29 is 17.9 Å². The Kier molecular flexibility index (Phi) is 3.33. The van der Waals surface area contributed by atoms with Crippen LogP contribution in [0.4, 0.5) is 13.2 Å². The number of nitriles is 1. The van der Waals surface area contributed by atoms with Crippen LogP contribution in [-0.4, -0.2) is 12.8 Å². The number of alkyl halides is 3. The lowest BCUT2D eigenvalue weighted by molar-refractivity contribution is -0.0975. The highest BCUT2D eigenvalue weighted by Gasteiger charge is 2.20. The normalized spacial score (nSPS) is 12.3. The molecular formula is C5H4F3NO. The fraction of sp³-hybridized carbons (Fsp3) is 0.400. The quantitative estimate of drug-likeness (QED) is 0.453. The summed E-state index contributed by atoms with van der Waals surface area (Å²) >= 11 is 0. The van der Waals surface area contributed by atoms with Gasteiger partial charge in [0.15, 0.2) is 5.76 Å². The molecule has 0 bridgehead atoms. The number of rotatable bonds is 3. The standard InChI is InChI=1S/C5H4F3NO/c1-3(2-9)10-5(8)4(6)7/h4-5H,1H2. The zero-order chi connectivity index (χ0) is 8.15. The molecule has 0 aromatic heterocycles. The third-order valence-electron chi connectivity index (χ3n) is 0.578. The average Bonchev–Trinajstić information content (AvgIpc) is 1.87. The Morgan fingerprint density at radius 2 is 2.00 bits per heavy atom. The number of hydrogen-bond acceptors (Lipinski definition) is 2. The molecule has 0 spiro atoms. The summed E-state index contributed by atoms with van der Waals surface area (Å²) in [5, 5.41) is 7.88. The highest BCUT2D eigenvalue weighted by atomic mass is 19.3. The third kappa shape index (κ3) is 2.97. The molecule has 0 aliphatic carbocycles. The Labute approximate surface area is 55.5 Å². The van der Waals surface area contributed by atoms with Gasteiger partial charge in [0.25, 0.3) is 6.36 Å². The van der Waals surface area contributed by atoms with Gasteiger partial charge in [0.05, 0.1) is 0 Å². The summed E-state index contributed by atoms with van der Waals surface area (Å²) in [7, 11) is 0. The maximum Gasteiger partial charge on any atom is 0.304 e. The van der Waals surface area contributed by atoms with Crippen molar-refractivity contribution in [2.24, 2.45) is 0 Å². The molecule has 2 nitrogen and oxygen atoms in total. The summed E-state index contributed by atoms with van der Waals surface area (Å²) in [5.74, 6) is -0.659. The van der Waals surface area contributed by atoms with Gasteiger partial charge in [-0.2, -0.15) is 9.65 Å². The molecule has 1 atom stereocenters. The van der Waals surface area contributed by atoms with Crippen molar-refractivity contribution in [3.05, 3.63) is 12.3 Å². The zero-order valence-electron chi connectivity index (χ0n) is 4.85. The van der Waals surface area contributed by atoms with E-state index in [0.29, 0.717) is 0 Å². The number of ether oxygens (including phenoxy) is 1. The molecule has 0 aromatic rings. The van der Waals surface area contributed by atoms with E-state index in [0.717, 1.165) is 0 Å². The maximum atomic E-state index is 11.8. The van der Waals surface area contributed by atoms with Crippen molar-refractivity contribution in [1.82, 2.24) is 0 Å². The first-order chi connectivity index (χ1) is 4.57. The van der Waals surface area contributed by atoms with E-state index in [1.54, 1.807) is 0 Å². The van der Waals surface area contributed by atoms with Gasteiger partial charge in [-0.25, -0.2) is 8.78 Å². The summed E-state index contributed by atoms with van der Waals surface area (Å²) in [6.07, 6.45) is -6.00. The van der Waals surface area contributed by atoms with Gasteiger partial charge in [0, 0.05) is 0 Å². The second-order valence-electron chi connectivity index (χ2n) is 1.34. The lowest BCUT2D eigenvalue weighted by Crippen LogP contribution is -2.15. The fourth-order valence-electron chi connectivity index (χ4n) is 0.214. The second kappa shape index (κ2) is 3.77. The molecule has 1 unspecified atom stereocenters. The van der Waals surface area contributed by atoms with Crippen LogP contribution in [0.1, 0.15) is 0 Å². The fourth-order valence-corrected chi connectivity index (χ4v) is 0.214. The summed E-state index contributed by atoms with van der Waals surface area (Å²) in [6.45, 7) is 2.84. The van der Waals surface area contributed by atoms with Crippen LogP contribution in [0.2, 0.25) is 0 Å². The average molecular weight is 151 g/mol. The first-order valence-electron chi connectivity index (χ1n) is 2.25. The number of halogens is 3. The second-order valence-corrected chi connectivity index (χ2v) is 1.34. The van der Waals surface area contributed by atoms with Crippen LogP contribution in [0.15, 0.2) is 12.3 Å². The minimum absolute atomic E-state index is 0.659. The molecule has 0 aromatic carbocycles. The van der Waals surface area contributed by atoms with E-state index in [9.17, 15) is 13.2 Å². The van der Waals surface area contributed by atoms with Crippen molar-refractivity contribution in [3.63, 3.8) is 0 Å². The van der Waals surface area contributed by atoms with Crippen LogP contribution in [0.25, 0.3) is 0 Å². The van der Waals surface area contributed by atoms with Crippen LogP contribution in [0, 0.1) is 11.3 Å². The first kappa shape index (κ1) is 8.82. The van der Waals surface area contributed by atoms with Gasteiger partial charge in [-0.15, -0.1) is 0 Å². The highest BCUT2D eigenvalue weighted by molar-refractivity contribution is 5.07. The van der Waals surface area contributed by atoms with Crippen LogP contribution in [0.5, 0.6) is 0 Å². The monoisotopic (exact) mass is 151 g/mol. The van der Waals surface area contributed by atoms with E-state index in [4.69, 9.17) is 5.26 Å². The molecule has 0 aliphatic rings. The van der Waals surface area contributed by atoms with E-state index in [-0.39, 0.29) is 0 Å². The molecule has 0 N–H and O–H groups in total. The Morgan fingerprint density at radius 3 is 2.30 bits per heavy atom. The lowest BCUT2D eigenvalue weighted by atomic mass is 10.6. The Hall–Kier alpha value is -1.18. The summed E-state index contributed by atoms with van der Waals surface area (Å²) in [5.41, 5.74) is 0. The smallest absolute Gasteiger partial charge is 0.304 e. The van der Waals surface area contributed by atoms with Crippen LogP contribution < -0.4 is 0 Å². The molecule has 0 radical (unpaired) electrons. The minimum Gasteiger partial charge on any atom is -0.445 e. The van der Waals surface area contributed by atoms with Gasteiger partial charge in [-0.1, -0.05) is 0 Å². The lowest BCUT2D eigenvalue weighted by Gasteiger charge is -2.06.